The summed E-state index contributed by atoms with van der Waals surface area (Å²) in [4.78, 5) is 30.9. The summed E-state index contributed by atoms with van der Waals surface area (Å²) < 4.78 is 7.31. The van der Waals surface area contributed by atoms with E-state index in [-0.39, 0.29) is 11.5 Å². The van der Waals surface area contributed by atoms with E-state index in [0.29, 0.717) is 42.4 Å². The van der Waals surface area contributed by atoms with Gasteiger partial charge in [-0.2, -0.15) is 0 Å². The van der Waals surface area contributed by atoms with Gasteiger partial charge in [-0.05, 0) is 44.0 Å². The summed E-state index contributed by atoms with van der Waals surface area (Å²) in [5.74, 6) is 0.444. The van der Waals surface area contributed by atoms with Crippen LogP contribution in [0.4, 0.5) is 0 Å². The highest BCUT2D eigenvalue weighted by molar-refractivity contribution is 5.95. The molecule has 0 aliphatic heterocycles. The van der Waals surface area contributed by atoms with Crippen molar-refractivity contribution < 1.29 is 9.53 Å². The number of carbonyl (C=O) groups is 1. The van der Waals surface area contributed by atoms with Gasteiger partial charge in [-0.25, -0.2) is 4.98 Å². The first-order chi connectivity index (χ1) is 12.1. The van der Waals surface area contributed by atoms with Crippen molar-refractivity contribution in [2.45, 2.75) is 20.3 Å². The zero-order valence-electron chi connectivity index (χ0n) is 14.2. The molecular formula is C18H20N4O3. The number of rotatable bonds is 6. The normalized spacial score (nSPS) is 10.8. The maximum absolute atomic E-state index is 12.6. The highest BCUT2D eigenvalue weighted by atomic mass is 16.5. The molecule has 0 unspecified atom stereocenters. The van der Waals surface area contributed by atoms with Crippen LogP contribution in [0.2, 0.25) is 0 Å². The summed E-state index contributed by atoms with van der Waals surface area (Å²) in [7, 11) is 0. The van der Waals surface area contributed by atoms with Crippen molar-refractivity contribution in [1.82, 2.24) is 19.7 Å². The molecular weight excluding hydrogens is 320 g/mol. The van der Waals surface area contributed by atoms with Crippen LogP contribution in [0, 0.1) is 6.92 Å². The quantitative estimate of drug-likeness (QED) is 0.715. The Hall–Kier alpha value is -3.09. The topological polar surface area (TPSA) is 88.5 Å². The standard InChI is InChI=1S/C18H20N4O3/c1-3-25-14-5-4-10-22-16(12(2)21-17(14)22)18(24)20-9-7-13-6-8-19-15(23)11-13/h4-6,8,10-11H,3,7,9H2,1-2H3,(H,19,23)(H,20,24). The van der Waals surface area contributed by atoms with E-state index in [1.54, 1.807) is 23.7 Å². The van der Waals surface area contributed by atoms with Crippen molar-refractivity contribution in [3.05, 3.63) is 64.0 Å². The summed E-state index contributed by atoms with van der Waals surface area (Å²) in [6.07, 6.45) is 3.97. The average Bonchev–Trinajstić information content (AvgIpc) is 2.92. The predicted molar refractivity (Wildman–Crippen MR) is 94.2 cm³/mol. The van der Waals surface area contributed by atoms with Gasteiger partial charge < -0.3 is 15.0 Å². The lowest BCUT2D eigenvalue weighted by Gasteiger charge is -2.07. The molecule has 0 aromatic carbocycles. The summed E-state index contributed by atoms with van der Waals surface area (Å²) >= 11 is 0. The fourth-order valence-electron chi connectivity index (χ4n) is 2.75. The lowest BCUT2D eigenvalue weighted by molar-refractivity contribution is 0.0947. The van der Waals surface area contributed by atoms with Gasteiger partial charge in [0.2, 0.25) is 5.56 Å². The fraction of sp³-hybridized carbons (Fsp3) is 0.278. The van der Waals surface area contributed by atoms with E-state index in [4.69, 9.17) is 4.74 Å². The Balaban J connectivity index is 1.77. The van der Waals surface area contributed by atoms with Crippen molar-refractivity contribution in [2.75, 3.05) is 13.2 Å². The summed E-state index contributed by atoms with van der Waals surface area (Å²) in [6, 6.07) is 7.01. The molecule has 0 saturated carbocycles. The largest absolute Gasteiger partial charge is 0.490 e. The van der Waals surface area contributed by atoms with Gasteiger partial charge >= 0.3 is 0 Å². The first kappa shape index (κ1) is 16.8. The molecule has 0 aliphatic rings. The van der Waals surface area contributed by atoms with Crippen molar-refractivity contribution in [1.29, 1.82) is 0 Å². The van der Waals surface area contributed by atoms with E-state index in [0.717, 1.165) is 5.56 Å². The second-order valence-electron chi connectivity index (χ2n) is 5.61. The van der Waals surface area contributed by atoms with Gasteiger partial charge in [0.1, 0.15) is 5.69 Å². The molecule has 0 aliphatic carbocycles. The number of nitrogens with one attached hydrogen (secondary N) is 2. The molecule has 0 saturated heterocycles. The minimum Gasteiger partial charge on any atom is -0.490 e. The summed E-state index contributed by atoms with van der Waals surface area (Å²) in [5.41, 5.74) is 2.48. The van der Waals surface area contributed by atoms with Crippen LogP contribution in [0.25, 0.3) is 5.65 Å². The molecule has 25 heavy (non-hydrogen) atoms. The van der Waals surface area contributed by atoms with Crippen LogP contribution in [-0.2, 0) is 6.42 Å². The van der Waals surface area contributed by atoms with Crippen molar-refractivity contribution >= 4 is 11.6 Å². The zero-order valence-corrected chi connectivity index (χ0v) is 14.2. The first-order valence-corrected chi connectivity index (χ1v) is 8.16. The van der Waals surface area contributed by atoms with Gasteiger partial charge in [0.15, 0.2) is 11.4 Å². The van der Waals surface area contributed by atoms with Gasteiger partial charge in [0.25, 0.3) is 5.91 Å². The molecule has 2 N–H and O–H groups in total. The Labute approximate surface area is 144 Å². The summed E-state index contributed by atoms with van der Waals surface area (Å²) in [6.45, 7) is 4.67. The lowest BCUT2D eigenvalue weighted by Crippen LogP contribution is -2.27. The number of nitrogens with zero attached hydrogens (tertiary/aromatic N) is 2. The smallest absolute Gasteiger partial charge is 0.270 e. The molecule has 3 aromatic heterocycles. The number of hydrogen-bond donors (Lipinski definition) is 2. The Morgan fingerprint density at radius 3 is 3.00 bits per heavy atom. The van der Waals surface area contributed by atoms with Gasteiger partial charge in [-0.15, -0.1) is 0 Å². The van der Waals surface area contributed by atoms with Crippen molar-refractivity contribution in [3.8, 4) is 5.75 Å². The number of fused-ring (bicyclic) bond motifs is 1. The minimum atomic E-state index is -0.205. The molecule has 0 radical (unpaired) electrons. The molecule has 0 spiro atoms. The lowest BCUT2D eigenvalue weighted by atomic mass is 10.2. The molecule has 3 rings (SSSR count). The van der Waals surface area contributed by atoms with Crippen LogP contribution >= 0.6 is 0 Å². The third-order valence-corrected chi connectivity index (χ3v) is 3.84. The minimum absolute atomic E-state index is 0.148. The number of hydrogen-bond acceptors (Lipinski definition) is 4. The van der Waals surface area contributed by atoms with Crippen LogP contribution < -0.4 is 15.6 Å². The number of imidazole rings is 1. The first-order valence-electron chi connectivity index (χ1n) is 8.16. The number of aromatic amines is 1. The third-order valence-electron chi connectivity index (χ3n) is 3.84. The Morgan fingerprint density at radius 1 is 1.40 bits per heavy atom. The van der Waals surface area contributed by atoms with Gasteiger partial charge in [0, 0.05) is 25.0 Å². The molecule has 0 bridgehead atoms. The molecule has 1 amide bonds. The zero-order chi connectivity index (χ0) is 17.8. The van der Waals surface area contributed by atoms with Crippen LogP contribution in [0.3, 0.4) is 0 Å². The maximum atomic E-state index is 12.6. The maximum Gasteiger partial charge on any atom is 0.270 e. The van der Waals surface area contributed by atoms with Crippen LogP contribution in [0.15, 0.2) is 41.5 Å². The molecule has 3 heterocycles. The number of amides is 1. The van der Waals surface area contributed by atoms with E-state index >= 15 is 0 Å². The van der Waals surface area contributed by atoms with Crippen LogP contribution in [0.5, 0.6) is 5.75 Å². The molecule has 0 atom stereocenters. The second kappa shape index (κ2) is 7.21. The van der Waals surface area contributed by atoms with E-state index in [2.05, 4.69) is 15.3 Å². The Morgan fingerprint density at radius 2 is 2.24 bits per heavy atom. The highest BCUT2D eigenvalue weighted by Crippen LogP contribution is 2.21. The van der Waals surface area contributed by atoms with Crippen LogP contribution in [0.1, 0.15) is 28.7 Å². The second-order valence-corrected chi connectivity index (χ2v) is 5.61. The molecule has 7 heteroatoms. The number of pyridine rings is 2. The third kappa shape index (κ3) is 3.55. The monoisotopic (exact) mass is 340 g/mol. The number of aryl methyl sites for hydroxylation is 1. The van der Waals surface area contributed by atoms with Crippen molar-refractivity contribution in [2.24, 2.45) is 0 Å². The molecule has 0 fully saturated rings. The molecule has 3 aromatic rings. The number of carbonyl (C=O) groups excluding carboxylic acids is 1. The van der Waals surface area contributed by atoms with Gasteiger partial charge in [-0.1, -0.05) is 0 Å². The average molecular weight is 340 g/mol. The summed E-state index contributed by atoms with van der Waals surface area (Å²) in [5, 5.41) is 2.88. The van der Waals surface area contributed by atoms with E-state index in [1.807, 2.05) is 25.1 Å². The van der Waals surface area contributed by atoms with E-state index in [9.17, 15) is 9.59 Å². The van der Waals surface area contributed by atoms with Crippen molar-refractivity contribution in [3.63, 3.8) is 0 Å². The van der Waals surface area contributed by atoms with E-state index in [1.165, 1.54) is 6.07 Å². The Bertz CT molecular complexity index is 958. The van der Waals surface area contributed by atoms with Crippen LogP contribution in [-0.4, -0.2) is 33.4 Å². The predicted octanol–water partition coefficient (Wildman–Crippen LogP) is 1.70. The molecule has 130 valence electrons. The number of ether oxygens (including phenoxy) is 1. The number of aromatic nitrogens is 3. The molecule has 7 nitrogen and oxygen atoms in total. The number of H-pyrrole nitrogens is 1. The fourth-order valence-corrected chi connectivity index (χ4v) is 2.75. The van der Waals surface area contributed by atoms with Gasteiger partial charge in [0.05, 0.1) is 12.3 Å². The van der Waals surface area contributed by atoms with Gasteiger partial charge in [-0.3, -0.25) is 14.0 Å². The Kier molecular flexibility index (Phi) is 4.83. The highest BCUT2D eigenvalue weighted by Gasteiger charge is 2.18. The van der Waals surface area contributed by atoms with E-state index < -0.39 is 0 Å². The SMILES string of the molecule is CCOc1cccn2c(C(=O)NCCc3cc[nH]c(=O)c3)c(C)nc12.